The van der Waals surface area contributed by atoms with Crippen LogP contribution >= 0.6 is 0 Å². The zero-order valence-electron chi connectivity index (χ0n) is 16.1. The molecule has 0 aliphatic heterocycles. The van der Waals surface area contributed by atoms with Crippen molar-refractivity contribution in [1.82, 2.24) is 30.5 Å². The van der Waals surface area contributed by atoms with Gasteiger partial charge < -0.3 is 10.4 Å². The van der Waals surface area contributed by atoms with Gasteiger partial charge in [-0.05, 0) is 35.5 Å². The Balaban J connectivity index is 2.16. The summed E-state index contributed by atoms with van der Waals surface area (Å²) in [5.74, 6) is -1.61. The Hall–Kier alpha value is -3.27. The molecule has 1 aromatic carbocycles. The number of amides is 1. The predicted octanol–water partition coefficient (Wildman–Crippen LogP) is 2.24. The minimum Gasteiger partial charge on any atom is -0.394 e. The molecule has 10 heteroatoms. The first kappa shape index (κ1) is 20.5. The number of nitrogens with one attached hydrogen (secondary N) is 1. The van der Waals surface area contributed by atoms with Crippen molar-refractivity contribution >= 4 is 5.91 Å². The number of nitrogens with zero attached hydrogens (tertiary/aromatic N) is 5. The van der Waals surface area contributed by atoms with E-state index in [1.54, 1.807) is 19.1 Å². The fraction of sp³-hybridized carbons (Fsp3) is 0.316. The lowest BCUT2D eigenvalue weighted by Crippen LogP contribution is -2.35. The van der Waals surface area contributed by atoms with Gasteiger partial charge in [0.05, 0.1) is 18.5 Å². The summed E-state index contributed by atoms with van der Waals surface area (Å²) < 4.78 is 29.1. The molecular weight excluding hydrogens is 382 g/mol. The highest BCUT2D eigenvalue weighted by molar-refractivity contribution is 5.96. The van der Waals surface area contributed by atoms with Gasteiger partial charge in [0, 0.05) is 29.2 Å². The van der Waals surface area contributed by atoms with E-state index in [1.165, 1.54) is 10.7 Å². The molecule has 1 atom stereocenters. The summed E-state index contributed by atoms with van der Waals surface area (Å²) in [6.07, 6.45) is 0.898. The van der Waals surface area contributed by atoms with Gasteiger partial charge in [-0.2, -0.15) is 4.68 Å². The molecule has 2 aromatic heterocycles. The minimum atomic E-state index is -0.863. The summed E-state index contributed by atoms with van der Waals surface area (Å²) in [5.41, 5.74) is 0.751. The van der Waals surface area contributed by atoms with Gasteiger partial charge in [0.25, 0.3) is 5.91 Å². The second-order valence-corrected chi connectivity index (χ2v) is 6.91. The molecule has 0 saturated carbocycles. The van der Waals surface area contributed by atoms with Crippen LogP contribution in [0.1, 0.15) is 42.9 Å². The van der Waals surface area contributed by atoms with Crippen LogP contribution in [0, 0.1) is 11.6 Å². The highest BCUT2D eigenvalue weighted by Gasteiger charge is 2.19. The van der Waals surface area contributed by atoms with E-state index in [9.17, 15) is 18.7 Å². The number of aromatic nitrogens is 5. The van der Waals surface area contributed by atoms with Crippen LogP contribution in [0.4, 0.5) is 8.78 Å². The number of carbonyl (C=O) groups is 1. The van der Waals surface area contributed by atoms with Crippen molar-refractivity contribution in [3.05, 3.63) is 53.5 Å². The molecule has 0 fully saturated rings. The number of carbonyl (C=O) groups excluding carboxylic acids is 1. The monoisotopic (exact) mass is 402 g/mol. The second-order valence-electron chi connectivity index (χ2n) is 6.91. The Bertz CT molecular complexity index is 1040. The normalized spacial score (nSPS) is 12.2. The number of aliphatic hydroxyl groups excluding tert-OH is 1. The number of pyridine rings is 1. The molecule has 0 aliphatic rings. The van der Waals surface area contributed by atoms with Crippen LogP contribution < -0.4 is 5.32 Å². The van der Waals surface area contributed by atoms with Crippen LogP contribution in [0.25, 0.3) is 16.9 Å². The molecule has 8 nitrogen and oxygen atoms in total. The fourth-order valence-corrected chi connectivity index (χ4v) is 2.72. The van der Waals surface area contributed by atoms with Crippen LogP contribution in [-0.2, 0) is 0 Å². The molecule has 29 heavy (non-hydrogen) atoms. The first-order valence-corrected chi connectivity index (χ1v) is 8.97. The Kier molecular flexibility index (Phi) is 5.92. The number of halogens is 2. The lowest BCUT2D eigenvalue weighted by Gasteiger charge is -2.14. The Morgan fingerprint density at radius 2 is 1.97 bits per heavy atom. The number of rotatable bonds is 6. The molecular formula is C19H20F2N6O2. The van der Waals surface area contributed by atoms with E-state index in [0.29, 0.717) is 11.5 Å². The van der Waals surface area contributed by atoms with Gasteiger partial charge in [-0.25, -0.2) is 8.78 Å². The van der Waals surface area contributed by atoms with Crippen molar-refractivity contribution in [2.75, 3.05) is 6.61 Å². The maximum absolute atomic E-state index is 14.3. The lowest BCUT2D eigenvalue weighted by atomic mass is 10.0. The van der Waals surface area contributed by atoms with Crippen molar-refractivity contribution in [3.8, 4) is 16.9 Å². The molecule has 2 N–H and O–H groups in total. The highest BCUT2D eigenvalue weighted by Crippen LogP contribution is 2.26. The van der Waals surface area contributed by atoms with Gasteiger partial charge in [-0.1, -0.05) is 13.8 Å². The van der Waals surface area contributed by atoms with E-state index in [4.69, 9.17) is 0 Å². The average Bonchev–Trinajstić information content (AvgIpc) is 3.17. The third kappa shape index (κ3) is 4.43. The standard InChI is InChI=1S/C19H20F2N6O2/c1-10(2)18-24-25-26-27(18)15-5-12(17-16(21)7-14(20)8-22-17)4-13(6-15)19(29)23-11(3)9-28/h4-8,10-11,28H,9H2,1-3H3,(H,23,29)/t11-/m0/s1. The molecule has 0 radical (unpaired) electrons. The zero-order chi connectivity index (χ0) is 21.1. The third-order valence-corrected chi connectivity index (χ3v) is 4.17. The topological polar surface area (TPSA) is 106 Å². The van der Waals surface area contributed by atoms with Crippen molar-refractivity contribution in [1.29, 1.82) is 0 Å². The molecule has 0 aliphatic carbocycles. The summed E-state index contributed by atoms with van der Waals surface area (Å²) in [6.45, 7) is 5.21. The summed E-state index contributed by atoms with van der Waals surface area (Å²) >= 11 is 0. The van der Waals surface area contributed by atoms with Crippen LogP contribution in [0.2, 0.25) is 0 Å². The molecule has 1 amide bonds. The Labute approximate surface area is 165 Å². The van der Waals surface area contributed by atoms with Gasteiger partial charge >= 0.3 is 0 Å². The van der Waals surface area contributed by atoms with Crippen molar-refractivity contribution in [2.24, 2.45) is 0 Å². The lowest BCUT2D eigenvalue weighted by molar-refractivity contribution is 0.0922. The fourth-order valence-electron chi connectivity index (χ4n) is 2.72. The zero-order valence-corrected chi connectivity index (χ0v) is 16.1. The number of aliphatic hydroxyl groups is 1. The second kappa shape index (κ2) is 8.39. The molecule has 0 bridgehead atoms. The van der Waals surface area contributed by atoms with Crippen molar-refractivity contribution < 1.29 is 18.7 Å². The van der Waals surface area contributed by atoms with E-state index in [0.717, 1.165) is 12.3 Å². The number of tetrazole rings is 1. The minimum absolute atomic E-state index is 0.0129. The van der Waals surface area contributed by atoms with Gasteiger partial charge in [0.1, 0.15) is 11.5 Å². The molecule has 3 aromatic rings. The molecule has 0 unspecified atom stereocenters. The van der Waals surface area contributed by atoms with Crippen LogP contribution in [-0.4, -0.2) is 48.9 Å². The summed E-state index contributed by atoms with van der Waals surface area (Å²) in [4.78, 5) is 16.4. The van der Waals surface area contributed by atoms with Gasteiger partial charge in [-0.15, -0.1) is 5.10 Å². The number of hydrogen-bond donors (Lipinski definition) is 2. The molecule has 3 rings (SSSR count). The average molecular weight is 402 g/mol. The molecule has 2 heterocycles. The van der Waals surface area contributed by atoms with Gasteiger partial charge in [0.15, 0.2) is 11.6 Å². The van der Waals surface area contributed by atoms with Gasteiger partial charge in [0.2, 0.25) is 0 Å². The van der Waals surface area contributed by atoms with Crippen molar-refractivity contribution in [3.63, 3.8) is 0 Å². The summed E-state index contributed by atoms with van der Waals surface area (Å²) in [6, 6.07) is 4.80. The largest absolute Gasteiger partial charge is 0.394 e. The quantitative estimate of drug-likeness (QED) is 0.655. The van der Waals surface area contributed by atoms with E-state index < -0.39 is 23.6 Å². The SMILES string of the molecule is CC(C)c1nnnn1-c1cc(C(=O)N[C@@H](C)CO)cc(-c2ncc(F)cc2F)c1. The molecule has 0 spiro atoms. The Morgan fingerprint density at radius 3 is 2.62 bits per heavy atom. The number of hydrogen-bond acceptors (Lipinski definition) is 6. The molecule has 0 saturated heterocycles. The Morgan fingerprint density at radius 1 is 1.21 bits per heavy atom. The van der Waals surface area contributed by atoms with Gasteiger partial charge in [-0.3, -0.25) is 9.78 Å². The third-order valence-electron chi connectivity index (χ3n) is 4.17. The maximum Gasteiger partial charge on any atom is 0.251 e. The maximum atomic E-state index is 14.3. The summed E-state index contributed by atoms with van der Waals surface area (Å²) in [7, 11) is 0. The highest BCUT2D eigenvalue weighted by atomic mass is 19.1. The summed E-state index contributed by atoms with van der Waals surface area (Å²) in [5, 5.41) is 23.5. The molecule has 152 valence electrons. The van der Waals surface area contributed by atoms with Crippen LogP contribution in [0.15, 0.2) is 30.5 Å². The first-order valence-electron chi connectivity index (χ1n) is 8.97. The van der Waals surface area contributed by atoms with E-state index in [2.05, 4.69) is 25.8 Å². The van der Waals surface area contributed by atoms with E-state index in [-0.39, 0.29) is 29.3 Å². The number of benzene rings is 1. The van der Waals surface area contributed by atoms with Crippen LogP contribution in [0.5, 0.6) is 0 Å². The van der Waals surface area contributed by atoms with E-state index in [1.807, 2.05) is 13.8 Å². The van der Waals surface area contributed by atoms with E-state index >= 15 is 0 Å². The van der Waals surface area contributed by atoms with Crippen molar-refractivity contribution in [2.45, 2.75) is 32.7 Å². The predicted molar refractivity (Wildman–Crippen MR) is 100 cm³/mol. The van der Waals surface area contributed by atoms with Crippen LogP contribution in [0.3, 0.4) is 0 Å². The smallest absolute Gasteiger partial charge is 0.251 e. The first-order chi connectivity index (χ1) is 13.8.